The molecule has 0 saturated heterocycles. The van der Waals surface area contributed by atoms with Crippen LogP contribution in [0, 0.1) is 23.6 Å². The average molecular weight is 265 g/mol. The first-order valence-corrected chi connectivity index (χ1v) is 7.45. The van der Waals surface area contributed by atoms with Crippen molar-refractivity contribution in [1.82, 2.24) is 5.32 Å². The molecule has 19 heavy (non-hydrogen) atoms. The van der Waals surface area contributed by atoms with Crippen LogP contribution in [0.5, 0.6) is 0 Å². The zero-order valence-corrected chi connectivity index (χ0v) is 12.9. The summed E-state index contributed by atoms with van der Waals surface area (Å²) in [6, 6.07) is 7.20. The van der Waals surface area contributed by atoms with Crippen molar-refractivity contribution in [3.8, 4) is 0 Å². The van der Waals surface area contributed by atoms with Crippen molar-refractivity contribution in [3.05, 3.63) is 35.6 Å². The summed E-state index contributed by atoms with van der Waals surface area (Å²) >= 11 is 0. The maximum Gasteiger partial charge on any atom is 0.127 e. The van der Waals surface area contributed by atoms with Crippen LogP contribution in [-0.4, -0.2) is 6.54 Å². The minimum atomic E-state index is -0.104. The molecular formula is C17H28FN. The molecule has 1 nitrogen and oxygen atoms in total. The van der Waals surface area contributed by atoms with Gasteiger partial charge in [-0.2, -0.15) is 0 Å². The van der Waals surface area contributed by atoms with E-state index in [9.17, 15) is 4.39 Å². The van der Waals surface area contributed by atoms with E-state index in [-0.39, 0.29) is 11.9 Å². The van der Waals surface area contributed by atoms with E-state index < -0.39 is 0 Å². The van der Waals surface area contributed by atoms with Crippen molar-refractivity contribution in [2.75, 3.05) is 6.54 Å². The lowest BCUT2D eigenvalue weighted by Crippen LogP contribution is -2.32. The van der Waals surface area contributed by atoms with Gasteiger partial charge in [0.25, 0.3) is 0 Å². The van der Waals surface area contributed by atoms with Gasteiger partial charge in [-0.05, 0) is 36.8 Å². The number of benzene rings is 1. The zero-order chi connectivity index (χ0) is 14.4. The van der Waals surface area contributed by atoms with Gasteiger partial charge >= 0.3 is 0 Å². The highest BCUT2D eigenvalue weighted by Gasteiger charge is 2.20. The van der Waals surface area contributed by atoms with E-state index >= 15 is 0 Å². The van der Waals surface area contributed by atoms with Gasteiger partial charge < -0.3 is 5.32 Å². The third-order valence-corrected chi connectivity index (χ3v) is 4.00. The Morgan fingerprint density at radius 3 is 2.11 bits per heavy atom. The quantitative estimate of drug-likeness (QED) is 0.747. The van der Waals surface area contributed by atoms with Gasteiger partial charge in [0.2, 0.25) is 0 Å². The number of nitrogens with one attached hydrogen (secondary N) is 1. The Labute approximate surface area is 117 Å². The predicted octanol–water partition coefficient (Wildman–Crippen LogP) is 4.79. The molecule has 108 valence electrons. The van der Waals surface area contributed by atoms with Gasteiger partial charge in [0.15, 0.2) is 0 Å². The van der Waals surface area contributed by atoms with Crippen molar-refractivity contribution < 1.29 is 4.39 Å². The van der Waals surface area contributed by atoms with Crippen LogP contribution in [0.2, 0.25) is 0 Å². The highest BCUT2D eigenvalue weighted by Crippen LogP contribution is 2.23. The Morgan fingerprint density at radius 2 is 1.63 bits per heavy atom. The van der Waals surface area contributed by atoms with Crippen LogP contribution in [-0.2, 0) is 0 Å². The molecule has 0 saturated carbocycles. The van der Waals surface area contributed by atoms with E-state index in [1.165, 1.54) is 0 Å². The van der Waals surface area contributed by atoms with Crippen LogP contribution in [0.1, 0.15) is 52.6 Å². The van der Waals surface area contributed by atoms with Crippen LogP contribution in [0.3, 0.4) is 0 Å². The molecule has 0 aliphatic carbocycles. The second-order valence-corrected chi connectivity index (χ2v) is 6.04. The lowest BCUT2D eigenvalue weighted by atomic mass is 9.85. The molecule has 0 aromatic heterocycles. The van der Waals surface area contributed by atoms with Gasteiger partial charge in [0.1, 0.15) is 5.82 Å². The molecule has 1 rings (SSSR count). The molecule has 0 aliphatic heterocycles. The Kier molecular flexibility index (Phi) is 6.50. The van der Waals surface area contributed by atoms with Gasteiger partial charge in [-0.3, -0.25) is 0 Å². The SMILES string of the molecule is CCC(NCC(C(C)C)C(C)C)c1ccccc1F. The summed E-state index contributed by atoms with van der Waals surface area (Å²) in [5, 5.41) is 3.55. The van der Waals surface area contributed by atoms with Crippen molar-refractivity contribution in [2.24, 2.45) is 17.8 Å². The van der Waals surface area contributed by atoms with Crippen LogP contribution < -0.4 is 5.32 Å². The first-order chi connectivity index (χ1) is 8.97. The molecule has 1 aromatic rings. The van der Waals surface area contributed by atoms with Gasteiger partial charge in [0, 0.05) is 11.6 Å². The van der Waals surface area contributed by atoms with Crippen molar-refractivity contribution in [3.63, 3.8) is 0 Å². The van der Waals surface area contributed by atoms with Gasteiger partial charge in [-0.25, -0.2) is 4.39 Å². The average Bonchev–Trinajstić information content (AvgIpc) is 2.35. The summed E-state index contributed by atoms with van der Waals surface area (Å²) in [4.78, 5) is 0. The second-order valence-electron chi connectivity index (χ2n) is 6.04. The summed E-state index contributed by atoms with van der Waals surface area (Å²) in [7, 11) is 0. The maximum atomic E-state index is 13.8. The van der Waals surface area contributed by atoms with Gasteiger partial charge in [0.05, 0.1) is 0 Å². The molecule has 2 heteroatoms. The van der Waals surface area contributed by atoms with E-state index in [4.69, 9.17) is 0 Å². The number of hydrogen-bond donors (Lipinski definition) is 1. The molecule has 0 fully saturated rings. The van der Waals surface area contributed by atoms with Crippen molar-refractivity contribution in [1.29, 1.82) is 0 Å². The van der Waals surface area contributed by atoms with E-state index in [0.29, 0.717) is 17.8 Å². The minimum absolute atomic E-state index is 0.104. The Bertz CT molecular complexity index is 365. The minimum Gasteiger partial charge on any atom is -0.310 e. The molecular weight excluding hydrogens is 237 g/mol. The highest BCUT2D eigenvalue weighted by molar-refractivity contribution is 5.21. The molecule has 0 aliphatic rings. The Hall–Kier alpha value is -0.890. The Morgan fingerprint density at radius 1 is 1.05 bits per heavy atom. The van der Waals surface area contributed by atoms with Crippen LogP contribution in [0.4, 0.5) is 4.39 Å². The largest absolute Gasteiger partial charge is 0.310 e. The fourth-order valence-electron chi connectivity index (χ4n) is 2.75. The van der Waals surface area contributed by atoms with Gasteiger partial charge in [-0.1, -0.05) is 52.8 Å². The molecule has 0 heterocycles. The lowest BCUT2D eigenvalue weighted by Gasteiger charge is -2.28. The number of halogens is 1. The van der Waals surface area contributed by atoms with E-state index in [1.54, 1.807) is 12.1 Å². The standard InChI is InChI=1S/C17H28FN/c1-6-17(14-9-7-8-10-16(14)18)19-11-15(12(2)3)13(4)5/h7-10,12-13,15,17,19H,6,11H2,1-5H3. The highest BCUT2D eigenvalue weighted by atomic mass is 19.1. The molecule has 0 radical (unpaired) electrons. The molecule has 1 N–H and O–H groups in total. The normalized spacial score (nSPS) is 13.5. The molecule has 1 atom stereocenters. The third kappa shape index (κ3) is 4.61. The van der Waals surface area contributed by atoms with E-state index in [1.807, 2.05) is 12.1 Å². The Balaban J connectivity index is 2.70. The maximum absolute atomic E-state index is 13.8. The molecule has 0 bridgehead atoms. The van der Waals surface area contributed by atoms with E-state index in [0.717, 1.165) is 18.5 Å². The van der Waals surface area contributed by atoms with Crippen molar-refractivity contribution in [2.45, 2.75) is 47.1 Å². The molecule has 1 unspecified atom stereocenters. The molecule has 0 amide bonds. The van der Waals surface area contributed by atoms with Crippen LogP contribution in [0.25, 0.3) is 0 Å². The summed E-state index contributed by atoms with van der Waals surface area (Å²) in [5.41, 5.74) is 0.788. The van der Waals surface area contributed by atoms with E-state index in [2.05, 4.69) is 39.9 Å². The fraction of sp³-hybridized carbons (Fsp3) is 0.647. The second kappa shape index (κ2) is 7.64. The molecule has 1 aromatic carbocycles. The third-order valence-electron chi connectivity index (χ3n) is 4.00. The molecule has 0 spiro atoms. The zero-order valence-electron chi connectivity index (χ0n) is 12.9. The van der Waals surface area contributed by atoms with Crippen LogP contribution >= 0.6 is 0 Å². The summed E-state index contributed by atoms with van der Waals surface area (Å²) in [6.45, 7) is 12.1. The predicted molar refractivity (Wildman–Crippen MR) is 80.6 cm³/mol. The smallest absolute Gasteiger partial charge is 0.127 e. The topological polar surface area (TPSA) is 12.0 Å². The first-order valence-electron chi connectivity index (χ1n) is 7.45. The van der Waals surface area contributed by atoms with Crippen molar-refractivity contribution >= 4 is 0 Å². The summed E-state index contributed by atoms with van der Waals surface area (Å²) < 4.78 is 13.8. The monoisotopic (exact) mass is 265 g/mol. The fourth-order valence-corrected chi connectivity index (χ4v) is 2.75. The number of rotatable bonds is 7. The first kappa shape index (κ1) is 16.2. The summed E-state index contributed by atoms with van der Waals surface area (Å²) in [5.74, 6) is 1.81. The number of hydrogen-bond acceptors (Lipinski definition) is 1. The van der Waals surface area contributed by atoms with Crippen LogP contribution in [0.15, 0.2) is 24.3 Å². The summed E-state index contributed by atoms with van der Waals surface area (Å²) in [6.07, 6.45) is 0.907. The lowest BCUT2D eigenvalue weighted by molar-refractivity contribution is 0.263. The van der Waals surface area contributed by atoms with Gasteiger partial charge in [-0.15, -0.1) is 0 Å².